The average molecular weight is 263 g/mol. The van der Waals surface area contributed by atoms with Crippen LogP contribution in [0.25, 0.3) is 0 Å². The van der Waals surface area contributed by atoms with Gasteiger partial charge in [-0.3, -0.25) is 4.90 Å². The summed E-state index contributed by atoms with van der Waals surface area (Å²) in [7, 11) is 1.42. The van der Waals surface area contributed by atoms with Crippen molar-refractivity contribution in [2.75, 3.05) is 7.05 Å². The molecule has 98 valence electrons. The molecule has 1 aromatic carbocycles. The fourth-order valence-electron chi connectivity index (χ4n) is 3.02. The maximum absolute atomic E-state index is 13.7. The lowest BCUT2D eigenvalue weighted by Crippen LogP contribution is -2.33. The second-order valence-corrected chi connectivity index (χ2v) is 4.62. The molecular weight excluding hydrogens is 254 g/mol. The molecule has 0 radical (unpaired) electrons. The Morgan fingerprint density at radius 2 is 1.11 bits per heavy atom. The molecule has 0 amide bonds. The van der Waals surface area contributed by atoms with E-state index in [1.54, 1.807) is 0 Å². The van der Waals surface area contributed by atoms with Crippen molar-refractivity contribution >= 4 is 0 Å². The summed E-state index contributed by atoms with van der Waals surface area (Å²) in [5, 5.41) is 19.4. The Bertz CT molecular complexity index is 504. The second kappa shape index (κ2) is 3.43. The molecule has 2 N–H and O–H groups in total. The number of aliphatic hydroxyl groups excluding tert-OH is 2. The van der Waals surface area contributed by atoms with Crippen molar-refractivity contribution in [1.82, 2.24) is 4.90 Å². The lowest BCUT2D eigenvalue weighted by Gasteiger charge is -2.24. The van der Waals surface area contributed by atoms with E-state index in [4.69, 9.17) is 0 Å². The van der Waals surface area contributed by atoms with Crippen LogP contribution in [0.2, 0.25) is 0 Å². The van der Waals surface area contributed by atoms with E-state index in [0.717, 1.165) is 0 Å². The van der Waals surface area contributed by atoms with E-state index in [2.05, 4.69) is 0 Å². The highest BCUT2D eigenvalue weighted by Crippen LogP contribution is 2.54. The van der Waals surface area contributed by atoms with E-state index in [-0.39, 0.29) is 0 Å². The van der Waals surface area contributed by atoms with E-state index in [1.807, 2.05) is 0 Å². The van der Waals surface area contributed by atoms with Gasteiger partial charge in [-0.2, -0.15) is 0 Å². The van der Waals surface area contributed by atoms with Crippen LogP contribution in [0.4, 0.5) is 17.6 Å². The van der Waals surface area contributed by atoms with E-state index in [1.165, 1.54) is 11.9 Å². The normalized spacial score (nSPS) is 34.2. The van der Waals surface area contributed by atoms with E-state index < -0.39 is 58.7 Å². The lowest BCUT2D eigenvalue weighted by atomic mass is 9.87. The summed E-state index contributed by atoms with van der Waals surface area (Å²) >= 11 is 0. The van der Waals surface area contributed by atoms with E-state index >= 15 is 0 Å². The average Bonchev–Trinajstić information content (AvgIpc) is 2.74. The van der Waals surface area contributed by atoms with Crippen LogP contribution in [0.1, 0.15) is 23.2 Å². The topological polar surface area (TPSA) is 43.7 Å². The molecule has 2 aliphatic rings. The van der Waals surface area contributed by atoms with Gasteiger partial charge in [-0.05, 0) is 7.05 Å². The van der Waals surface area contributed by atoms with Gasteiger partial charge in [0, 0.05) is 11.1 Å². The molecule has 2 unspecified atom stereocenters. The first-order valence-corrected chi connectivity index (χ1v) is 5.31. The first kappa shape index (κ1) is 11.9. The Hall–Kier alpha value is -1.18. The Morgan fingerprint density at radius 3 is 1.44 bits per heavy atom. The third-order valence-corrected chi connectivity index (χ3v) is 3.81. The zero-order valence-corrected chi connectivity index (χ0v) is 9.16. The highest BCUT2D eigenvalue weighted by Gasteiger charge is 2.57. The molecule has 1 fully saturated rings. The third kappa shape index (κ3) is 1.10. The predicted molar refractivity (Wildman–Crippen MR) is 51.5 cm³/mol. The molecule has 18 heavy (non-hydrogen) atoms. The van der Waals surface area contributed by atoms with E-state index in [0.29, 0.717) is 0 Å². The Labute approximate surface area is 99.3 Å². The molecule has 1 aromatic rings. The summed E-state index contributed by atoms with van der Waals surface area (Å²) < 4.78 is 53.7. The molecule has 2 aliphatic heterocycles. The summed E-state index contributed by atoms with van der Waals surface area (Å²) in [5.74, 6) is -6.80. The highest BCUT2D eigenvalue weighted by molar-refractivity contribution is 5.45. The number of rotatable bonds is 0. The summed E-state index contributed by atoms with van der Waals surface area (Å²) in [6, 6.07) is -2.13. The Morgan fingerprint density at radius 1 is 0.778 bits per heavy atom. The summed E-state index contributed by atoms with van der Waals surface area (Å²) in [6.45, 7) is 0. The van der Waals surface area contributed by atoms with E-state index in [9.17, 15) is 27.8 Å². The largest absolute Gasteiger partial charge is 0.388 e. The van der Waals surface area contributed by atoms with Crippen LogP contribution in [0, 0.1) is 23.3 Å². The summed E-state index contributed by atoms with van der Waals surface area (Å²) in [4.78, 5) is 1.31. The van der Waals surface area contributed by atoms with Crippen LogP contribution in [0.15, 0.2) is 0 Å². The molecule has 1 saturated heterocycles. The molecular formula is C11H9F4NO2. The molecule has 2 heterocycles. The Balaban J connectivity index is 2.34. The minimum Gasteiger partial charge on any atom is -0.388 e. The predicted octanol–water partition coefficient (Wildman–Crippen LogP) is 1.01. The third-order valence-electron chi connectivity index (χ3n) is 3.81. The van der Waals surface area contributed by atoms with Crippen molar-refractivity contribution < 1.29 is 27.8 Å². The van der Waals surface area contributed by atoms with Gasteiger partial charge in [0.25, 0.3) is 0 Å². The van der Waals surface area contributed by atoms with Gasteiger partial charge < -0.3 is 10.2 Å². The van der Waals surface area contributed by atoms with Gasteiger partial charge in [-0.25, -0.2) is 17.6 Å². The minimum atomic E-state index is -1.89. The van der Waals surface area contributed by atoms with Gasteiger partial charge in [0.05, 0.1) is 12.1 Å². The molecule has 4 atom stereocenters. The van der Waals surface area contributed by atoms with Gasteiger partial charge in [0.15, 0.2) is 23.3 Å². The fraction of sp³-hybridized carbons (Fsp3) is 0.455. The molecule has 0 aliphatic carbocycles. The van der Waals surface area contributed by atoms with Gasteiger partial charge >= 0.3 is 0 Å². The summed E-state index contributed by atoms with van der Waals surface area (Å²) in [6.07, 6.45) is -2.71. The van der Waals surface area contributed by atoms with Crippen molar-refractivity contribution in [3.05, 3.63) is 34.4 Å². The van der Waals surface area contributed by atoms with Crippen LogP contribution >= 0.6 is 0 Å². The minimum absolute atomic E-state index is 0.406. The standard InChI is InChI=1S/C11H9F4NO2/c1-16-8-2-3(9(16)11(18)10(8)17)5(13)7(15)6(14)4(2)12/h8-11,17-18H,1H3/t8-,9?,10+,11?/m0/s1. The maximum atomic E-state index is 13.7. The highest BCUT2D eigenvalue weighted by atomic mass is 19.2. The van der Waals surface area contributed by atoms with Crippen LogP contribution in [-0.4, -0.2) is 34.4 Å². The molecule has 0 saturated carbocycles. The molecule has 3 nitrogen and oxygen atoms in total. The lowest BCUT2D eigenvalue weighted by molar-refractivity contribution is 0.0198. The van der Waals surface area contributed by atoms with Crippen LogP contribution in [0.5, 0.6) is 0 Å². The SMILES string of the molecule is CN1C2c3c(F)c(F)c(F)c(F)c3[C@H]1[C@@H](O)C2O. The quantitative estimate of drug-likeness (QED) is 0.417. The number of fused-ring (bicyclic) bond motifs is 5. The van der Waals surface area contributed by atoms with Gasteiger partial charge in [-0.15, -0.1) is 0 Å². The van der Waals surface area contributed by atoms with Crippen molar-refractivity contribution in [2.24, 2.45) is 0 Å². The van der Waals surface area contributed by atoms with Crippen LogP contribution in [-0.2, 0) is 0 Å². The number of hydrogen-bond donors (Lipinski definition) is 2. The number of halogens is 4. The zero-order valence-electron chi connectivity index (χ0n) is 9.16. The maximum Gasteiger partial charge on any atom is 0.197 e. The number of benzene rings is 1. The number of hydrogen-bond acceptors (Lipinski definition) is 3. The number of aliphatic hydroxyl groups is 2. The first-order valence-electron chi connectivity index (χ1n) is 5.31. The molecule has 0 spiro atoms. The van der Waals surface area contributed by atoms with Crippen molar-refractivity contribution in [3.63, 3.8) is 0 Å². The molecule has 7 heteroatoms. The smallest absolute Gasteiger partial charge is 0.197 e. The monoisotopic (exact) mass is 263 g/mol. The van der Waals surface area contributed by atoms with Gasteiger partial charge in [0.2, 0.25) is 0 Å². The first-order chi connectivity index (χ1) is 8.37. The Kier molecular flexibility index (Phi) is 2.27. The second-order valence-electron chi connectivity index (χ2n) is 4.62. The van der Waals surface area contributed by atoms with Crippen molar-refractivity contribution in [3.8, 4) is 0 Å². The summed E-state index contributed by atoms with van der Waals surface area (Å²) in [5.41, 5.74) is -0.812. The van der Waals surface area contributed by atoms with Crippen molar-refractivity contribution in [1.29, 1.82) is 0 Å². The van der Waals surface area contributed by atoms with Gasteiger partial charge in [-0.1, -0.05) is 0 Å². The van der Waals surface area contributed by atoms with Gasteiger partial charge in [0.1, 0.15) is 12.2 Å². The molecule has 3 rings (SSSR count). The molecule has 0 aromatic heterocycles. The zero-order chi connectivity index (χ0) is 13.4. The van der Waals surface area contributed by atoms with Crippen molar-refractivity contribution in [2.45, 2.75) is 24.3 Å². The fourth-order valence-corrected chi connectivity index (χ4v) is 3.02. The van der Waals surface area contributed by atoms with Crippen LogP contribution in [0.3, 0.4) is 0 Å². The number of nitrogens with zero attached hydrogens (tertiary/aromatic N) is 1. The van der Waals surface area contributed by atoms with Crippen LogP contribution < -0.4 is 0 Å². The molecule has 2 bridgehead atoms. The number of likely N-dealkylation sites (N-methyl/N-ethyl adjacent to an activating group) is 1.